The number of ether oxygens (including phenoxy) is 1. The van der Waals surface area contributed by atoms with Crippen molar-refractivity contribution in [2.75, 3.05) is 0 Å². The monoisotopic (exact) mass is 146 g/mol. The van der Waals surface area contributed by atoms with Crippen LogP contribution in [0.5, 0.6) is 0 Å². The summed E-state index contributed by atoms with van der Waals surface area (Å²) < 4.78 is 4.25. The van der Waals surface area contributed by atoms with Gasteiger partial charge in [0, 0.05) is 10.8 Å². The van der Waals surface area contributed by atoms with Crippen molar-refractivity contribution < 1.29 is 4.74 Å². The van der Waals surface area contributed by atoms with Gasteiger partial charge in [0.15, 0.2) is 5.43 Å². The second kappa shape index (κ2) is 2.23. The predicted molar refractivity (Wildman–Crippen MR) is 42.8 cm³/mol. The van der Waals surface area contributed by atoms with Crippen LogP contribution in [0, 0.1) is 0 Å². The predicted octanol–water partition coefficient (Wildman–Crippen LogP) is 1.56. The van der Waals surface area contributed by atoms with Gasteiger partial charge in [-0.3, -0.25) is 4.79 Å². The Hall–Kier alpha value is -1.57. The van der Waals surface area contributed by atoms with Gasteiger partial charge in [-0.15, -0.1) is 0 Å². The molecule has 0 atom stereocenters. The van der Waals surface area contributed by atoms with Crippen LogP contribution in [-0.4, -0.2) is 0 Å². The first-order valence-corrected chi connectivity index (χ1v) is 3.34. The zero-order valence-electron chi connectivity index (χ0n) is 5.78. The third kappa shape index (κ3) is 1.29. The van der Waals surface area contributed by atoms with Gasteiger partial charge < -0.3 is 4.74 Å². The minimum absolute atomic E-state index is 0.218. The molecule has 0 fully saturated rings. The van der Waals surface area contributed by atoms with E-state index in [0.717, 1.165) is 10.8 Å². The van der Waals surface area contributed by atoms with Crippen molar-refractivity contribution in [1.29, 1.82) is 0 Å². The van der Waals surface area contributed by atoms with Crippen LogP contribution in [0.1, 0.15) is 0 Å². The summed E-state index contributed by atoms with van der Waals surface area (Å²) in [7, 11) is 0. The highest BCUT2D eigenvalue weighted by molar-refractivity contribution is 5.96. The molecule has 2 aromatic rings. The first-order chi connectivity index (χ1) is 5.39. The summed E-state index contributed by atoms with van der Waals surface area (Å²) in [6, 6.07) is 7.45. The summed E-state index contributed by atoms with van der Waals surface area (Å²) in [5.41, 5.74) is 0.218. The molecule has 0 amide bonds. The third-order valence-corrected chi connectivity index (χ3v) is 1.49. The molecule has 0 unspecified atom stereocenters. The van der Waals surface area contributed by atoms with Gasteiger partial charge in [-0.25, -0.2) is 0 Å². The Kier molecular flexibility index (Phi) is 1.25. The van der Waals surface area contributed by atoms with Gasteiger partial charge in [0.05, 0.1) is 0 Å². The maximum absolute atomic E-state index is 10.5. The van der Waals surface area contributed by atoms with E-state index >= 15 is 0 Å². The third-order valence-electron chi connectivity index (χ3n) is 1.49. The minimum Gasteiger partial charge on any atom is -0.466 e. The van der Waals surface area contributed by atoms with Crippen LogP contribution in [0.4, 0.5) is 0 Å². The lowest BCUT2D eigenvalue weighted by molar-refractivity contribution is 0.541. The molecule has 0 bridgehead atoms. The van der Waals surface area contributed by atoms with E-state index in [1.807, 2.05) is 24.3 Å². The molecule has 0 saturated carbocycles. The second-order valence-corrected chi connectivity index (χ2v) is 2.28. The van der Waals surface area contributed by atoms with Crippen molar-refractivity contribution in [3.8, 4) is 0 Å². The number of rotatable bonds is 0. The molecule has 3 rings (SSSR count). The number of fused-ring (bicyclic) bond motifs is 1. The van der Waals surface area contributed by atoms with Crippen LogP contribution in [0.2, 0.25) is 0 Å². The van der Waals surface area contributed by atoms with E-state index < -0.39 is 0 Å². The molecule has 0 aromatic heterocycles. The van der Waals surface area contributed by atoms with Gasteiger partial charge in [0.2, 0.25) is 0 Å². The highest BCUT2D eigenvalue weighted by Crippen LogP contribution is 2.11. The average molecular weight is 146 g/mol. The largest absolute Gasteiger partial charge is 0.466 e. The van der Waals surface area contributed by atoms with Crippen LogP contribution in [0.15, 0.2) is 41.6 Å². The van der Waals surface area contributed by atoms with Crippen molar-refractivity contribution in [2.24, 2.45) is 0 Å². The van der Waals surface area contributed by atoms with Gasteiger partial charge in [0.25, 0.3) is 0 Å². The van der Waals surface area contributed by atoms with Gasteiger partial charge in [-0.05, 0) is 0 Å². The fourth-order valence-electron chi connectivity index (χ4n) is 0.833. The van der Waals surface area contributed by atoms with Crippen LogP contribution in [-0.2, 0) is 4.74 Å². The van der Waals surface area contributed by atoms with Crippen LogP contribution in [0.25, 0.3) is 10.8 Å². The molecular weight excluding hydrogens is 140 g/mol. The maximum Gasteiger partial charge on any atom is 0.194 e. The van der Waals surface area contributed by atoms with Gasteiger partial charge in [-0.1, -0.05) is 24.3 Å². The smallest absolute Gasteiger partial charge is 0.194 e. The molecule has 0 aliphatic carbocycles. The fourth-order valence-corrected chi connectivity index (χ4v) is 0.833. The molecule has 2 nitrogen and oxygen atoms in total. The zero-order valence-corrected chi connectivity index (χ0v) is 5.78. The van der Waals surface area contributed by atoms with E-state index in [0.29, 0.717) is 0 Å². The highest BCUT2D eigenvalue weighted by Gasteiger charge is 2.07. The molecule has 1 aliphatic heterocycles. The van der Waals surface area contributed by atoms with Crippen molar-refractivity contribution in [3.05, 3.63) is 47.0 Å². The van der Waals surface area contributed by atoms with Crippen molar-refractivity contribution in [2.45, 2.75) is 0 Å². The van der Waals surface area contributed by atoms with Crippen molar-refractivity contribution >= 4 is 10.8 Å². The van der Waals surface area contributed by atoms with Gasteiger partial charge in [0.1, 0.15) is 12.5 Å². The minimum atomic E-state index is 0.218. The first-order valence-electron chi connectivity index (χ1n) is 3.34. The van der Waals surface area contributed by atoms with Crippen LogP contribution >= 0.6 is 0 Å². The molecule has 2 aromatic carbocycles. The molecule has 0 radical (unpaired) electrons. The standard InChI is InChI=1S/C7H4O.C2H2O/c8-7-5-3-1-2-4-6(5)7;1-2-3-1/h1-4H;1-2H. The number of hydrogen-bond donors (Lipinski definition) is 0. The van der Waals surface area contributed by atoms with E-state index in [2.05, 4.69) is 4.74 Å². The quantitative estimate of drug-likeness (QED) is 0.564. The van der Waals surface area contributed by atoms with E-state index in [1.165, 1.54) is 0 Å². The Labute approximate surface area is 63.4 Å². The van der Waals surface area contributed by atoms with Crippen molar-refractivity contribution in [1.82, 2.24) is 0 Å². The topological polar surface area (TPSA) is 29.6 Å². The van der Waals surface area contributed by atoms with E-state index in [1.54, 1.807) is 12.5 Å². The highest BCUT2D eigenvalue weighted by atomic mass is 16.5. The Balaban J connectivity index is 0.000000135. The molecule has 2 heteroatoms. The zero-order chi connectivity index (χ0) is 7.68. The lowest BCUT2D eigenvalue weighted by Gasteiger charge is -1.66. The lowest BCUT2D eigenvalue weighted by Crippen LogP contribution is -1.66. The summed E-state index contributed by atoms with van der Waals surface area (Å²) in [6.45, 7) is 0. The first kappa shape index (κ1) is 6.16. The van der Waals surface area contributed by atoms with Gasteiger partial charge in [-0.2, -0.15) is 0 Å². The molecule has 54 valence electrons. The summed E-state index contributed by atoms with van der Waals surface area (Å²) >= 11 is 0. The normalized spacial score (nSPS) is 12.4. The summed E-state index contributed by atoms with van der Waals surface area (Å²) in [5.74, 6) is 0. The summed E-state index contributed by atoms with van der Waals surface area (Å²) in [4.78, 5) is 10.5. The molecule has 1 heterocycles. The van der Waals surface area contributed by atoms with Crippen LogP contribution < -0.4 is 5.43 Å². The fraction of sp³-hybridized carbons (Fsp3) is 0. The average Bonchev–Trinajstić information content (AvgIpc) is 2.88. The molecule has 1 aliphatic rings. The van der Waals surface area contributed by atoms with Gasteiger partial charge >= 0.3 is 0 Å². The van der Waals surface area contributed by atoms with E-state index in [9.17, 15) is 4.79 Å². The second-order valence-electron chi connectivity index (χ2n) is 2.28. The number of benzene rings is 1. The van der Waals surface area contributed by atoms with E-state index in [4.69, 9.17) is 0 Å². The molecule has 0 N–H and O–H groups in total. The molecule has 0 saturated heterocycles. The number of hydrogen-bond acceptors (Lipinski definition) is 2. The summed E-state index contributed by atoms with van der Waals surface area (Å²) in [6.07, 6.45) is 3.25. The molecular formula is C9H6O2. The lowest BCUT2D eigenvalue weighted by atomic mass is 10.4. The Morgan fingerprint density at radius 3 is 1.73 bits per heavy atom. The van der Waals surface area contributed by atoms with Crippen LogP contribution in [0.3, 0.4) is 0 Å². The SMILES string of the molecule is C1=CO1.O=c1c2ccccc12. The summed E-state index contributed by atoms with van der Waals surface area (Å²) in [5, 5.41) is 1.79. The Bertz CT molecular complexity index is 370. The van der Waals surface area contributed by atoms with E-state index in [-0.39, 0.29) is 5.43 Å². The Morgan fingerprint density at radius 1 is 1.00 bits per heavy atom. The van der Waals surface area contributed by atoms with Crippen molar-refractivity contribution in [3.63, 3.8) is 0 Å². The molecule has 11 heavy (non-hydrogen) atoms. The molecule has 0 spiro atoms. The maximum atomic E-state index is 10.5. The Morgan fingerprint density at radius 2 is 1.45 bits per heavy atom.